The van der Waals surface area contributed by atoms with Gasteiger partial charge < -0.3 is 16.0 Å². The van der Waals surface area contributed by atoms with Crippen molar-refractivity contribution in [2.75, 3.05) is 5.32 Å². The number of benzene rings is 1. The Kier molecular flexibility index (Phi) is 4.62. The number of amides is 3. The molecule has 2 fully saturated rings. The summed E-state index contributed by atoms with van der Waals surface area (Å²) in [6, 6.07) is 11.5. The summed E-state index contributed by atoms with van der Waals surface area (Å²) in [4.78, 5) is 43.5. The van der Waals surface area contributed by atoms with Gasteiger partial charge in [-0.2, -0.15) is 5.10 Å². The van der Waals surface area contributed by atoms with E-state index in [4.69, 9.17) is 17.3 Å². The van der Waals surface area contributed by atoms with E-state index in [1.807, 2.05) is 0 Å². The number of hydrogen-bond donors (Lipinski definition) is 2. The molecule has 1 aliphatic carbocycles. The van der Waals surface area contributed by atoms with E-state index in [2.05, 4.69) is 15.4 Å². The maximum atomic E-state index is 13.2. The zero-order chi connectivity index (χ0) is 21.7. The van der Waals surface area contributed by atoms with Gasteiger partial charge in [0.1, 0.15) is 23.6 Å². The summed E-state index contributed by atoms with van der Waals surface area (Å²) in [5.74, 6) is -0.691. The third-order valence-corrected chi connectivity index (χ3v) is 6.26. The molecule has 1 saturated heterocycles. The monoisotopic (exact) mass is 438 g/mol. The predicted molar refractivity (Wildman–Crippen MR) is 113 cm³/mol. The van der Waals surface area contributed by atoms with Crippen LogP contribution in [0.5, 0.6) is 0 Å². The second kappa shape index (κ2) is 7.35. The molecule has 2 aliphatic rings. The molecule has 5 rings (SSSR count). The van der Waals surface area contributed by atoms with Gasteiger partial charge in [-0.05, 0) is 31.0 Å². The van der Waals surface area contributed by atoms with Crippen LogP contribution in [0, 0.1) is 5.92 Å². The van der Waals surface area contributed by atoms with Gasteiger partial charge in [-0.25, -0.2) is 4.98 Å². The number of nitrogens with two attached hydrogens (primary N) is 1. The number of piperidine rings is 1. The standard InChI is InChI=1S/C21H19ClN6O3/c22-15-6-3-7-16(24-15)25-21(31)19-12-8-9-14(12)28(19)17(29)10-27-13-5-2-1-4-11(13)18(26-27)20(23)30/h1-7,12,14,19H,8-10H2,(H2,23,30)(H,24,25,31)/t12?,14-,19+/m0/s1. The summed E-state index contributed by atoms with van der Waals surface area (Å²) in [5, 5.41) is 7.87. The zero-order valence-corrected chi connectivity index (χ0v) is 17.1. The number of fused-ring (bicyclic) bond motifs is 2. The Hall–Kier alpha value is -3.46. The van der Waals surface area contributed by atoms with E-state index in [1.54, 1.807) is 47.4 Å². The second-order valence-electron chi connectivity index (χ2n) is 7.78. The minimum absolute atomic E-state index is 0.0491. The Morgan fingerprint density at radius 2 is 1.94 bits per heavy atom. The van der Waals surface area contributed by atoms with Crippen molar-refractivity contribution in [3.63, 3.8) is 0 Å². The molecule has 1 aliphatic heterocycles. The van der Waals surface area contributed by atoms with E-state index in [1.165, 1.54) is 4.68 Å². The van der Waals surface area contributed by atoms with Crippen molar-refractivity contribution in [2.24, 2.45) is 11.7 Å². The largest absolute Gasteiger partial charge is 0.364 e. The number of carbonyl (C=O) groups excluding carboxylic acids is 3. The molecule has 0 bridgehead atoms. The summed E-state index contributed by atoms with van der Waals surface area (Å²) in [6.45, 7) is -0.0871. The highest BCUT2D eigenvalue weighted by molar-refractivity contribution is 6.29. The van der Waals surface area contributed by atoms with Crippen molar-refractivity contribution in [3.8, 4) is 0 Å². The van der Waals surface area contributed by atoms with Gasteiger partial charge in [0, 0.05) is 17.3 Å². The van der Waals surface area contributed by atoms with Crippen LogP contribution in [-0.2, 0) is 16.1 Å². The van der Waals surface area contributed by atoms with Crippen molar-refractivity contribution in [2.45, 2.75) is 31.5 Å². The first-order valence-corrected chi connectivity index (χ1v) is 10.3. The molecule has 0 radical (unpaired) electrons. The van der Waals surface area contributed by atoms with E-state index in [0.717, 1.165) is 12.8 Å². The van der Waals surface area contributed by atoms with E-state index in [9.17, 15) is 14.4 Å². The predicted octanol–water partition coefficient (Wildman–Crippen LogP) is 1.81. The number of para-hydroxylation sites is 1. The van der Waals surface area contributed by atoms with Crippen LogP contribution in [0.4, 0.5) is 5.82 Å². The lowest BCUT2D eigenvalue weighted by atomic mass is 9.65. The molecule has 1 saturated carbocycles. The number of nitrogens with one attached hydrogen (secondary N) is 1. The summed E-state index contributed by atoms with van der Waals surface area (Å²) in [6.07, 6.45) is 1.76. The smallest absolute Gasteiger partial charge is 0.269 e. The Morgan fingerprint density at radius 1 is 1.13 bits per heavy atom. The quantitative estimate of drug-likeness (QED) is 0.588. The highest BCUT2D eigenvalue weighted by atomic mass is 35.5. The minimum atomic E-state index is -0.656. The molecule has 10 heteroatoms. The van der Waals surface area contributed by atoms with Crippen LogP contribution >= 0.6 is 11.6 Å². The van der Waals surface area contributed by atoms with Crippen molar-refractivity contribution in [1.29, 1.82) is 0 Å². The maximum Gasteiger partial charge on any atom is 0.269 e. The highest BCUT2D eigenvalue weighted by Gasteiger charge is 2.58. The number of pyridine rings is 1. The first-order valence-electron chi connectivity index (χ1n) is 9.94. The van der Waals surface area contributed by atoms with Crippen molar-refractivity contribution < 1.29 is 14.4 Å². The first-order chi connectivity index (χ1) is 14.9. The molecule has 158 valence electrons. The third kappa shape index (κ3) is 3.21. The van der Waals surface area contributed by atoms with Crippen LogP contribution in [0.3, 0.4) is 0 Å². The number of primary amides is 1. The molecule has 1 unspecified atom stereocenters. The molecule has 31 heavy (non-hydrogen) atoms. The highest BCUT2D eigenvalue weighted by Crippen LogP contribution is 2.47. The van der Waals surface area contributed by atoms with Gasteiger partial charge in [-0.15, -0.1) is 0 Å². The molecule has 3 atom stereocenters. The van der Waals surface area contributed by atoms with Gasteiger partial charge in [-0.1, -0.05) is 35.9 Å². The number of rotatable bonds is 5. The number of aromatic nitrogens is 3. The van der Waals surface area contributed by atoms with Crippen LogP contribution < -0.4 is 11.1 Å². The topological polar surface area (TPSA) is 123 Å². The van der Waals surface area contributed by atoms with Gasteiger partial charge >= 0.3 is 0 Å². The summed E-state index contributed by atoms with van der Waals surface area (Å²) in [5.41, 5.74) is 6.20. The van der Waals surface area contributed by atoms with E-state index in [0.29, 0.717) is 16.7 Å². The van der Waals surface area contributed by atoms with Crippen LogP contribution in [0.2, 0.25) is 5.15 Å². The summed E-state index contributed by atoms with van der Waals surface area (Å²) in [7, 11) is 0. The molecular weight excluding hydrogens is 420 g/mol. The number of nitrogens with zero attached hydrogens (tertiary/aromatic N) is 4. The van der Waals surface area contributed by atoms with Crippen molar-refractivity contribution in [3.05, 3.63) is 53.3 Å². The first kappa shape index (κ1) is 19.5. The van der Waals surface area contributed by atoms with E-state index < -0.39 is 11.9 Å². The Bertz CT molecular complexity index is 1220. The van der Waals surface area contributed by atoms with Crippen LogP contribution in [-0.4, -0.2) is 49.5 Å². The molecule has 2 aromatic heterocycles. The lowest BCUT2D eigenvalue weighted by Crippen LogP contribution is -2.74. The second-order valence-corrected chi connectivity index (χ2v) is 8.16. The van der Waals surface area contributed by atoms with Gasteiger partial charge in [0.2, 0.25) is 11.8 Å². The Labute approximate surface area is 182 Å². The van der Waals surface area contributed by atoms with Gasteiger partial charge in [0.05, 0.1) is 5.52 Å². The third-order valence-electron chi connectivity index (χ3n) is 6.05. The lowest BCUT2D eigenvalue weighted by Gasteiger charge is -2.60. The molecule has 3 amide bonds. The number of likely N-dealkylation sites (tertiary alicyclic amines) is 1. The van der Waals surface area contributed by atoms with E-state index in [-0.39, 0.29) is 41.2 Å². The number of anilines is 1. The minimum Gasteiger partial charge on any atom is -0.364 e. The van der Waals surface area contributed by atoms with Gasteiger partial charge in [0.15, 0.2) is 5.69 Å². The molecule has 3 N–H and O–H groups in total. The van der Waals surface area contributed by atoms with Gasteiger partial charge in [-0.3, -0.25) is 19.1 Å². The zero-order valence-electron chi connectivity index (χ0n) is 16.4. The van der Waals surface area contributed by atoms with Crippen LogP contribution in [0.15, 0.2) is 42.5 Å². The number of hydrogen-bond acceptors (Lipinski definition) is 5. The average molecular weight is 439 g/mol. The maximum absolute atomic E-state index is 13.2. The van der Waals surface area contributed by atoms with Crippen LogP contribution in [0.25, 0.3) is 10.9 Å². The van der Waals surface area contributed by atoms with Crippen LogP contribution in [0.1, 0.15) is 23.3 Å². The fourth-order valence-corrected chi connectivity index (χ4v) is 4.68. The lowest BCUT2D eigenvalue weighted by molar-refractivity contribution is -0.174. The molecule has 1 aromatic carbocycles. The molecule has 3 heterocycles. The van der Waals surface area contributed by atoms with Crippen molar-refractivity contribution >= 4 is 46.0 Å². The van der Waals surface area contributed by atoms with Gasteiger partial charge in [0.25, 0.3) is 5.91 Å². The molecule has 9 nitrogen and oxygen atoms in total. The normalized spacial score (nSPS) is 21.7. The molecule has 3 aromatic rings. The fourth-order valence-electron chi connectivity index (χ4n) is 4.51. The molecular formula is C21H19ClN6O3. The number of halogens is 1. The fraction of sp³-hybridized carbons (Fsp3) is 0.286. The van der Waals surface area contributed by atoms with Crippen molar-refractivity contribution in [1.82, 2.24) is 19.7 Å². The summed E-state index contributed by atoms with van der Waals surface area (Å²) >= 11 is 5.89. The SMILES string of the molecule is NC(=O)c1nn(CC(=O)N2[C@H]3CCC3[C@@H]2C(=O)Nc2cccc(Cl)n2)c2ccccc12. The summed E-state index contributed by atoms with van der Waals surface area (Å²) < 4.78 is 1.47. The van der Waals surface area contributed by atoms with E-state index >= 15 is 0 Å². The Balaban J connectivity index is 1.37. The average Bonchev–Trinajstić information content (AvgIpc) is 3.08. The molecule has 0 spiro atoms. The Morgan fingerprint density at radius 3 is 2.65 bits per heavy atom. The number of carbonyl (C=O) groups is 3.